The molecule has 0 bridgehead atoms. The van der Waals surface area contributed by atoms with Gasteiger partial charge in [-0.3, -0.25) is 0 Å². The number of hydrogen-bond acceptors (Lipinski definition) is 5. The minimum atomic E-state index is -3.60. The smallest absolute Gasteiger partial charge is 0.243 e. The van der Waals surface area contributed by atoms with E-state index in [-0.39, 0.29) is 6.04 Å². The van der Waals surface area contributed by atoms with Crippen molar-refractivity contribution in [2.75, 3.05) is 20.3 Å². The maximum atomic E-state index is 13.4. The fourth-order valence-electron chi connectivity index (χ4n) is 3.09. The highest BCUT2D eigenvalue weighted by Crippen LogP contribution is 2.29. The molecule has 0 saturated carbocycles. The second-order valence-electron chi connectivity index (χ2n) is 6.10. The van der Waals surface area contributed by atoms with Gasteiger partial charge >= 0.3 is 0 Å². The maximum absolute atomic E-state index is 13.4. The summed E-state index contributed by atoms with van der Waals surface area (Å²) >= 11 is 1.58. The lowest BCUT2D eigenvalue weighted by Gasteiger charge is -2.33. The van der Waals surface area contributed by atoms with Crippen LogP contribution in [0.25, 0.3) is 0 Å². The second kappa shape index (κ2) is 7.86. The van der Waals surface area contributed by atoms with Crippen LogP contribution in [0, 0.1) is 6.92 Å². The molecule has 0 unspecified atom stereocenters. The molecule has 3 rings (SSSR count). The van der Waals surface area contributed by atoms with Gasteiger partial charge in [-0.2, -0.15) is 4.31 Å². The molecule has 2 aromatic rings. The Morgan fingerprint density at radius 2 is 2.04 bits per heavy atom. The van der Waals surface area contributed by atoms with Crippen molar-refractivity contribution in [2.24, 2.45) is 0 Å². The van der Waals surface area contributed by atoms with Gasteiger partial charge in [-0.1, -0.05) is 6.07 Å². The van der Waals surface area contributed by atoms with Crippen molar-refractivity contribution in [1.82, 2.24) is 4.31 Å². The summed E-state index contributed by atoms with van der Waals surface area (Å²) in [6.45, 7) is 3.46. The number of ether oxygens (including phenoxy) is 2. The number of nitrogens with zero attached hydrogens (tertiary/aromatic N) is 1. The lowest BCUT2D eigenvalue weighted by Crippen LogP contribution is -2.42. The highest BCUT2D eigenvalue weighted by molar-refractivity contribution is 7.89. The minimum Gasteiger partial charge on any atom is -0.496 e. The molecule has 2 heterocycles. The van der Waals surface area contributed by atoms with Crippen LogP contribution >= 0.6 is 11.3 Å². The van der Waals surface area contributed by atoms with Crippen LogP contribution in [0.4, 0.5) is 0 Å². The van der Waals surface area contributed by atoms with E-state index in [0.717, 1.165) is 23.3 Å². The van der Waals surface area contributed by atoms with Crippen molar-refractivity contribution in [3.8, 4) is 5.75 Å². The van der Waals surface area contributed by atoms with Crippen molar-refractivity contribution < 1.29 is 17.9 Å². The maximum Gasteiger partial charge on any atom is 0.243 e. The number of aryl methyl sites for hydroxylation is 1. The van der Waals surface area contributed by atoms with E-state index in [0.29, 0.717) is 30.4 Å². The Balaban J connectivity index is 1.96. The van der Waals surface area contributed by atoms with Crippen LogP contribution in [0.15, 0.2) is 40.6 Å². The number of benzene rings is 1. The first-order chi connectivity index (χ1) is 12.0. The summed E-state index contributed by atoms with van der Waals surface area (Å²) in [6, 6.07) is 8.92. The lowest BCUT2D eigenvalue weighted by atomic mass is 10.1. The molecule has 1 fully saturated rings. The predicted molar refractivity (Wildman–Crippen MR) is 98.6 cm³/mol. The van der Waals surface area contributed by atoms with Crippen molar-refractivity contribution in [3.05, 3.63) is 46.2 Å². The average Bonchev–Trinajstić information content (AvgIpc) is 3.13. The third kappa shape index (κ3) is 4.06. The average molecular weight is 382 g/mol. The first-order valence-corrected chi connectivity index (χ1v) is 10.6. The molecule has 0 radical (unpaired) electrons. The van der Waals surface area contributed by atoms with E-state index in [1.165, 1.54) is 0 Å². The molecule has 0 aliphatic carbocycles. The van der Waals surface area contributed by atoms with Gasteiger partial charge in [0.05, 0.1) is 12.0 Å². The van der Waals surface area contributed by atoms with E-state index in [4.69, 9.17) is 9.47 Å². The van der Waals surface area contributed by atoms with Crippen molar-refractivity contribution >= 4 is 21.4 Å². The van der Waals surface area contributed by atoms with E-state index in [2.05, 4.69) is 0 Å². The molecule has 1 aliphatic heterocycles. The summed E-state index contributed by atoms with van der Waals surface area (Å²) in [6.07, 6.45) is 1.44. The molecule has 0 atom stereocenters. The molecule has 5 nitrogen and oxygen atoms in total. The summed E-state index contributed by atoms with van der Waals surface area (Å²) in [5.41, 5.74) is 0.812. The monoisotopic (exact) mass is 381 g/mol. The van der Waals surface area contributed by atoms with Crippen LogP contribution < -0.4 is 4.74 Å². The topological polar surface area (TPSA) is 55.8 Å². The van der Waals surface area contributed by atoms with Gasteiger partial charge in [0.25, 0.3) is 0 Å². The Labute approximate surface area is 153 Å². The molecule has 1 saturated heterocycles. The molecule has 0 N–H and O–H groups in total. The van der Waals surface area contributed by atoms with Gasteiger partial charge in [-0.25, -0.2) is 8.42 Å². The zero-order valence-electron chi connectivity index (χ0n) is 14.5. The van der Waals surface area contributed by atoms with Crippen molar-refractivity contribution in [2.45, 2.75) is 37.2 Å². The van der Waals surface area contributed by atoms with Gasteiger partial charge < -0.3 is 9.47 Å². The zero-order chi connectivity index (χ0) is 17.9. The minimum absolute atomic E-state index is 0.0387. The number of sulfonamides is 1. The third-order valence-corrected chi connectivity index (χ3v) is 7.22. The van der Waals surface area contributed by atoms with Gasteiger partial charge in [0.2, 0.25) is 10.0 Å². The molecule has 136 valence electrons. The Bertz CT molecular complexity index is 796. The Hall–Kier alpha value is -1.41. The van der Waals surface area contributed by atoms with Crippen LogP contribution in [0.2, 0.25) is 0 Å². The molecular weight excluding hydrogens is 358 g/mol. The molecule has 0 spiro atoms. The standard InChI is InChI=1S/C18H23NO4S2/c1-14-12-17(5-6-18(14)22-2)25(20,21)19(13-16-4-3-11-24-16)15-7-9-23-10-8-15/h3-6,11-12,15H,7-10,13H2,1-2H3. The van der Waals surface area contributed by atoms with Gasteiger partial charge in [-0.15, -0.1) is 11.3 Å². The number of rotatable bonds is 6. The van der Waals surface area contributed by atoms with Crippen LogP contribution in [0.3, 0.4) is 0 Å². The molecular formula is C18H23NO4S2. The fraction of sp³-hybridized carbons (Fsp3) is 0.444. The molecule has 7 heteroatoms. The molecule has 1 aromatic heterocycles. The van der Waals surface area contributed by atoms with E-state index in [1.807, 2.05) is 24.4 Å². The first-order valence-electron chi connectivity index (χ1n) is 8.29. The summed E-state index contributed by atoms with van der Waals surface area (Å²) < 4.78 is 39.0. The van der Waals surface area contributed by atoms with Crippen LogP contribution in [0.5, 0.6) is 5.75 Å². The molecule has 25 heavy (non-hydrogen) atoms. The summed E-state index contributed by atoms with van der Waals surface area (Å²) in [5, 5.41) is 1.97. The predicted octanol–water partition coefficient (Wildman–Crippen LogP) is 3.44. The zero-order valence-corrected chi connectivity index (χ0v) is 16.1. The van der Waals surface area contributed by atoms with Gasteiger partial charge in [0.15, 0.2) is 0 Å². The number of hydrogen-bond donors (Lipinski definition) is 0. The van der Waals surface area contributed by atoms with E-state index >= 15 is 0 Å². The largest absolute Gasteiger partial charge is 0.496 e. The van der Waals surface area contributed by atoms with Crippen molar-refractivity contribution in [1.29, 1.82) is 0 Å². The SMILES string of the molecule is COc1ccc(S(=O)(=O)N(Cc2cccs2)C2CCOCC2)cc1C. The van der Waals surface area contributed by atoms with E-state index in [9.17, 15) is 8.42 Å². The quantitative estimate of drug-likeness (QED) is 0.769. The molecule has 1 aliphatic rings. The van der Waals surface area contributed by atoms with Crippen LogP contribution in [-0.4, -0.2) is 39.1 Å². The van der Waals surface area contributed by atoms with Crippen LogP contribution in [-0.2, 0) is 21.3 Å². The van der Waals surface area contributed by atoms with Crippen molar-refractivity contribution in [3.63, 3.8) is 0 Å². The van der Waals surface area contributed by atoms with Gasteiger partial charge in [0, 0.05) is 30.7 Å². The van der Waals surface area contributed by atoms with Gasteiger partial charge in [0.1, 0.15) is 5.75 Å². The van der Waals surface area contributed by atoms with Crippen LogP contribution in [0.1, 0.15) is 23.3 Å². The third-order valence-electron chi connectivity index (χ3n) is 4.46. The Kier molecular flexibility index (Phi) is 5.78. The lowest BCUT2D eigenvalue weighted by molar-refractivity contribution is 0.0571. The Morgan fingerprint density at radius 1 is 1.28 bits per heavy atom. The highest BCUT2D eigenvalue weighted by Gasteiger charge is 2.33. The number of methoxy groups -OCH3 is 1. The second-order valence-corrected chi connectivity index (χ2v) is 9.03. The highest BCUT2D eigenvalue weighted by atomic mass is 32.2. The molecule has 0 amide bonds. The van der Waals surface area contributed by atoms with E-state index in [1.54, 1.807) is 41.0 Å². The fourth-order valence-corrected chi connectivity index (χ4v) is 5.62. The summed E-state index contributed by atoms with van der Waals surface area (Å²) in [5.74, 6) is 0.690. The Morgan fingerprint density at radius 3 is 2.64 bits per heavy atom. The normalized spacial score (nSPS) is 16.3. The number of thiophene rings is 1. The molecule has 1 aromatic carbocycles. The van der Waals surface area contributed by atoms with E-state index < -0.39 is 10.0 Å². The first kappa shape index (κ1) is 18.4. The summed E-state index contributed by atoms with van der Waals surface area (Å²) in [7, 11) is -2.01. The summed E-state index contributed by atoms with van der Waals surface area (Å²) in [4.78, 5) is 1.36. The van der Waals surface area contributed by atoms with Gasteiger partial charge in [-0.05, 0) is 55.0 Å².